The third kappa shape index (κ3) is 5.02. The number of aromatic nitrogens is 2. The lowest BCUT2D eigenvalue weighted by Gasteiger charge is -2.10. The molecule has 0 bridgehead atoms. The Morgan fingerprint density at radius 1 is 0.967 bits per heavy atom. The van der Waals surface area contributed by atoms with Crippen LogP contribution in [0.2, 0.25) is 0 Å². The van der Waals surface area contributed by atoms with E-state index in [1.54, 1.807) is 12.1 Å². The van der Waals surface area contributed by atoms with Crippen molar-refractivity contribution in [2.75, 3.05) is 11.1 Å². The molecule has 4 aromatic rings. The topological polar surface area (TPSA) is 54.9 Å². The van der Waals surface area contributed by atoms with E-state index >= 15 is 0 Å². The number of aryl methyl sites for hydroxylation is 1. The third-order valence-corrected chi connectivity index (χ3v) is 5.55. The van der Waals surface area contributed by atoms with Crippen LogP contribution in [0.25, 0.3) is 11.0 Å². The predicted molar refractivity (Wildman–Crippen MR) is 119 cm³/mol. The van der Waals surface area contributed by atoms with Crippen LogP contribution in [0.15, 0.2) is 77.8 Å². The van der Waals surface area contributed by atoms with E-state index < -0.39 is 0 Å². The zero-order valence-corrected chi connectivity index (χ0v) is 17.2. The second-order valence-electron chi connectivity index (χ2n) is 6.97. The predicted octanol–water partition coefficient (Wildman–Crippen LogP) is 5.40. The Morgan fingerprint density at radius 3 is 2.43 bits per heavy atom. The van der Waals surface area contributed by atoms with Crippen molar-refractivity contribution in [1.29, 1.82) is 0 Å². The summed E-state index contributed by atoms with van der Waals surface area (Å²) in [4.78, 5) is 21.9. The van der Waals surface area contributed by atoms with Gasteiger partial charge in [-0.05, 0) is 42.8 Å². The number of thioether (sulfide) groups is 1. The van der Waals surface area contributed by atoms with Crippen LogP contribution >= 0.6 is 11.8 Å². The summed E-state index contributed by atoms with van der Waals surface area (Å²) < 4.78 is 13.3. The molecule has 150 valence electrons. The molecule has 0 saturated heterocycles. The number of para-hydroxylation sites is 2. The Kier molecular flexibility index (Phi) is 6.05. The van der Waals surface area contributed by atoms with Crippen LogP contribution in [0.3, 0.4) is 0 Å². The van der Waals surface area contributed by atoms with Crippen molar-refractivity contribution in [1.82, 2.24) is 9.97 Å². The van der Waals surface area contributed by atoms with E-state index in [1.165, 1.54) is 29.5 Å². The molecule has 0 spiro atoms. The van der Waals surface area contributed by atoms with Gasteiger partial charge in [-0.1, -0.05) is 59.8 Å². The van der Waals surface area contributed by atoms with Crippen molar-refractivity contribution < 1.29 is 9.18 Å². The summed E-state index contributed by atoms with van der Waals surface area (Å²) in [5, 5.41) is 3.44. The van der Waals surface area contributed by atoms with Crippen LogP contribution in [0, 0.1) is 12.7 Å². The Hall–Kier alpha value is -3.25. The van der Waals surface area contributed by atoms with Gasteiger partial charge in [0.1, 0.15) is 10.8 Å². The number of hydrogen-bond acceptors (Lipinski definition) is 4. The fraction of sp³-hybridized carbons (Fsp3) is 0.125. The summed E-state index contributed by atoms with van der Waals surface area (Å²) in [7, 11) is 0. The van der Waals surface area contributed by atoms with Gasteiger partial charge >= 0.3 is 0 Å². The van der Waals surface area contributed by atoms with Gasteiger partial charge in [-0.25, -0.2) is 14.4 Å². The molecule has 1 heterocycles. The van der Waals surface area contributed by atoms with Gasteiger partial charge in [-0.15, -0.1) is 0 Å². The second-order valence-corrected chi connectivity index (χ2v) is 7.94. The summed E-state index contributed by atoms with van der Waals surface area (Å²) in [6.07, 6.45) is 0.631. The lowest BCUT2D eigenvalue weighted by Crippen LogP contribution is -2.14. The maximum absolute atomic E-state index is 13.3. The average Bonchev–Trinajstić information content (AvgIpc) is 2.74. The molecule has 0 atom stereocenters. The number of carbonyl (C=O) groups excluding carboxylic acids is 1. The highest BCUT2D eigenvalue weighted by molar-refractivity contribution is 8.00. The normalized spacial score (nSPS) is 10.9. The summed E-state index contributed by atoms with van der Waals surface area (Å²) in [5.41, 5.74) is 5.22. The zero-order valence-electron chi connectivity index (χ0n) is 16.4. The fourth-order valence-electron chi connectivity index (χ4n) is 3.05. The van der Waals surface area contributed by atoms with Crippen molar-refractivity contribution in [3.05, 3.63) is 95.4 Å². The Morgan fingerprint density at radius 2 is 1.70 bits per heavy atom. The zero-order chi connectivity index (χ0) is 20.9. The van der Waals surface area contributed by atoms with E-state index in [-0.39, 0.29) is 17.5 Å². The lowest BCUT2D eigenvalue weighted by atomic mass is 10.1. The van der Waals surface area contributed by atoms with Gasteiger partial charge in [0.15, 0.2) is 0 Å². The summed E-state index contributed by atoms with van der Waals surface area (Å²) in [6.45, 7) is 2.05. The molecule has 1 N–H and O–H groups in total. The van der Waals surface area contributed by atoms with Crippen LogP contribution in [-0.4, -0.2) is 21.6 Å². The molecular formula is C24H20FN3OS. The molecule has 0 fully saturated rings. The molecular weight excluding hydrogens is 397 g/mol. The van der Waals surface area contributed by atoms with E-state index in [4.69, 9.17) is 9.97 Å². The number of carbonyl (C=O) groups is 1. The smallest absolute Gasteiger partial charge is 0.234 e. The SMILES string of the molecule is Cc1ccc(Cc2nc3ccccc3nc2SCC(=O)Nc2cccc(F)c2)cc1. The van der Waals surface area contributed by atoms with Crippen LogP contribution in [0.4, 0.5) is 10.1 Å². The number of nitrogens with zero attached hydrogens (tertiary/aromatic N) is 2. The van der Waals surface area contributed by atoms with Gasteiger partial charge in [0.25, 0.3) is 0 Å². The monoisotopic (exact) mass is 417 g/mol. The van der Waals surface area contributed by atoms with Crippen molar-refractivity contribution in [2.24, 2.45) is 0 Å². The van der Waals surface area contributed by atoms with Gasteiger partial charge in [0.05, 0.1) is 22.5 Å². The van der Waals surface area contributed by atoms with Crippen LogP contribution in [-0.2, 0) is 11.2 Å². The maximum Gasteiger partial charge on any atom is 0.234 e. The molecule has 3 aromatic carbocycles. The average molecular weight is 418 g/mol. The minimum atomic E-state index is -0.388. The first-order valence-corrected chi connectivity index (χ1v) is 10.5. The maximum atomic E-state index is 13.3. The standard InChI is InChI=1S/C24H20FN3OS/c1-16-9-11-17(12-10-16)13-22-24(28-21-8-3-2-7-20(21)27-22)30-15-23(29)26-19-6-4-5-18(25)14-19/h2-12,14H,13,15H2,1H3,(H,26,29). The van der Waals surface area contributed by atoms with Crippen molar-refractivity contribution >= 4 is 34.4 Å². The molecule has 1 amide bonds. The number of fused-ring (bicyclic) bond motifs is 1. The van der Waals surface area contributed by atoms with Crippen molar-refractivity contribution in [3.63, 3.8) is 0 Å². The minimum absolute atomic E-state index is 0.157. The highest BCUT2D eigenvalue weighted by Crippen LogP contribution is 2.25. The highest BCUT2D eigenvalue weighted by atomic mass is 32.2. The van der Waals surface area contributed by atoms with Gasteiger partial charge in [-0.2, -0.15) is 0 Å². The number of amides is 1. The summed E-state index contributed by atoms with van der Waals surface area (Å²) in [6, 6.07) is 21.9. The highest BCUT2D eigenvalue weighted by Gasteiger charge is 2.13. The molecule has 0 aliphatic carbocycles. The van der Waals surface area contributed by atoms with Crippen LogP contribution < -0.4 is 5.32 Å². The van der Waals surface area contributed by atoms with Gasteiger partial charge < -0.3 is 5.32 Å². The Labute approximate surface area is 178 Å². The first kappa shape index (κ1) is 20.0. The quantitative estimate of drug-likeness (QED) is 0.427. The Bertz CT molecular complexity index is 1190. The molecule has 0 unspecified atom stereocenters. The fourth-order valence-corrected chi connectivity index (χ4v) is 3.83. The summed E-state index contributed by atoms with van der Waals surface area (Å²) in [5.74, 6) is -0.451. The molecule has 30 heavy (non-hydrogen) atoms. The molecule has 1 aromatic heterocycles. The number of halogens is 1. The number of nitrogens with one attached hydrogen (secondary N) is 1. The number of hydrogen-bond donors (Lipinski definition) is 1. The largest absolute Gasteiger partial charge is 0.325 e. The lowest BCUT2D eigenvalue weighted by molar-refractivity contribution is -0.113. The molecule has 0 aliphatic rings. The van der Waals surface area contributed by atoms with E-state index in [1.807, 2.05) is 24.3 Å². The van der Waals surface area contributed by atoms with E-state index in [9.17, 15) is 9.18 Å². The third-order valence-electron chi connectivity index (χ3n) is 4.55. The van der Waals surface area contributed by atoms with Gasteiger partial charge in [0, 0.05) is 12.1 Å². The molecule has 6 heteroatoms. The first-order valence-electron chi connectivity index (χ1n) is 9.56. The first-order chi connectivity index (χ1) is 14.6. The molecule has 0 aliphatic heterocycles. The Balaban J connectivity index is 1.55. The second kappa shape index (κ2) is 9.05. The van der Waals surface area contributed by atoms with E-state index in [0.29, 0.717) is 12.1 Å². The molecule has 4 rings (SSSR count). The van der Waals surface area contributed by atoms with Crippen molar-refractivity contribution in [2.45, 2.75) is 18.4 Å². The number of anilines is 1. The van der Waals surface area contributed by atoms with E-state index in [2.05, 4.69) is 36.5 Å². The summed E-state index contributed by atoms with van der Waals surface area (Å²) >= 11 is 1.34. The van der Waals surface area contributed by atoms with Gasteiger partial charge in [0.2, 0.25) is 5.91 Å². The number of benzene rings is 3. The van der Waals surface area contributed by atoms with Crippen molar-refractivity contribution in [3.8, 4) is 0 Å². The number of rotatable bonds is 6. The molecule has 0 radical (unpaired) electrons. The van der Waals surface area contributed by atoms with Gasteiger partial charge in [-0.3, -0.25) is 4.79 Å². The van der Waals surface area contributed by atoms with Crippen LogP contribution in [0.1, 0.15) is 16.8 Å². The van der Waals surface area contributed by atoms with Crippen LogP contribution in [0.5, 0.6) is 0 Å². The molecule has 4 nitrogen and oxygen atoms in total. The molecule has 0 saturated carbocycles. The minimum Gasteiger partial charge on any atom is -0.325 e. The van der Waals surface area contributed by atoms with E-state index in [0.717, 1.165) is 27.3 Å².